The van der Waals surface area contributed by atoms with Gasteiger partial charge in [-0.2, -0.15) is 17.0 Å². The zero-order valence-electron chi connectivity index (χ0n) is 19.8. The Morgan fingerprint density at radius 2 is 1.72 bits per heavy atom. The summed E-state index contributed by atoms with van der Waals surface area (Å²) in [6.45, 7) is 0.465. The van der Waals surface area contributed by atoms with E-state index in [1.165, 1.54) is 16.3 Å². The molecule has 0 aliphatic carbocycles. The first-order chi connectivity index (χ1) is 17.1. The lowest BCUT2D eigenvalue weighted by Crippen LogP contribution is -2.67. The molecule has 0 radical (unpaired) electrons. The third kappa shape index (κ3) is 5.16. The van der Waals surface area contributed by atoms with Crippen LogP contribution in [-0.2, 0) is 24.5 Å². The fraction of sp³-hybridized carbons (Fsp3) is 0.591. The number of fused-ring (bicyclic) bond motifs is 2. The van der Waals surface area contributed by atoms with Crippen molar-refractivity contribution in [3.8, 4) is 0 Å². The molecule has 1 aromatic carbocycles. The predicted molar refractivity (Wildman–Crippen MR) is 128 cm³/mol. The van der Waals surface area contributed by atoms with E-state index in [0.29, 0.717) is 23.4 Å². The number of carboxylic acids is 1. The number of hydrogen-bond acceptors (Lipinski definition) is 7. The van der Waals surface area contributed by atoms with E-state index in [2.05, 4.69) is 0 Å². The molecular weight excluding hydrogens is 516 g/mol. The second kappa shape index (κ2) is 10.9. The molecule has 14 heteroatoms. The van der Waals surface area contributed by atoms with Gasteiger partial charge in [-0.3, -0.25) is 14.5 Å². The lowest BCUT2D eigenvalue weighted by Gasteiger charge is -2.45. The number of nitrogens with zero attached hydrogens (tertiary/aromatic N) is 4. The molecule has 3 atom stereocenters. The molecule has 0 aromatic heterocycles. The number of benzene rings is 1. The van der Waals surface area contributed by atoms with Gasteiger partial charge in [0.1, 0.15) is 12.6 Å². The summed E-state index contributed by atoms with van der Waals surface area (Å²) >= 11 is 5.88. The molecule has 2 bridgehead atoms. The van der Waals surface area contributed by atoms with Gasteiger partial charge < -0.3 is 19.5 Å². The second-order valence-electron chi connectivity index (χ2n) is 8.87. The molecule has 198 valence electrons. The second-order valence-corrected chi connectivity index (χ2v) is 11.2. The number of carbonyl (C=O) groups is 3. The molecule has 3 heterocycles. The van der Waals surface area contributed by atoms with Crippen molar-refractivity contribution in [3.05, 3.63) is 34.9 Å². The highest BCUT2D eigenvalue weighted by atomic mass is 35.5. The van der Waals surface area contributed by atoms with Gasteiger partial charge in [0.15, 0.2) is 0 Å². The van der Waals surface area contributed by atoms with Gasteiger partial charge in [-0.1, -0.05) is 11.6 Å². The van der Waals surface area contributed by atoms with E-state index in [-0.39, 0.29) is 51.8 Å². The van der Waals surface area contributed by atoms with Crippen molar-refractivity contribution < 1.29 is 37.4 Å². The Hall–Kier alpha value is -2.45. The Morgan fingerprint density at radius 3 is 2.33 bits per heavy atom. The van der Waals surface area contributed by atoms with Crippen LogP contribution in [0.15, 0.2) is 24.3 Å². The summed E-state index contributed by atoms with van der Waals surface area (Å²) in [6, 6.07) is 3.70. The van der Waals surface area contributed by atoms with Crippen molar-refractivity contribution in [1.29, 1.82) is 0 Å². The van der Waals surface area contributed by atoms with Crippen molar-refractivity contribution in [1.82, 2.24) is 18.4 Å². The maximum absolute atomic E-state index is 13.6. The largest absolute Gasteiger partial charge is 0.480 e. The number of aliphatic carboxylic acids is 1. The van der Waals surface area contributed by atoms with Gasteiger partial charge in [0.05, 0.1) is 12.6 Å². The van der Waals surface area contributed by atoms with Crippen LogP contribution < -0.4 is 0 Å². The van der Waals surface area contributed by atoms with E-state index in [1.54, 1.807) is 29.2 Å². The molecule has 12 nitrogen and oxygen atoms in total. The van der Waals surface area contributed by atoms with Crippen LogP contribution in [0.2, 0.25) is 5.02 Å². The Balaban J connectivity index is 1.45. The average Bonchev–Trinajstić information content (AvgIpc) is 3.16. The smallest absolute Gasteiger partial charge is 0.410 e. The Bertz CT molecular complexity index is 1090. The van der Waals surface area contributed by atoms with E-state index in [0.717, 1.165) is 4.31 Å². The number of methoxy groups -OCH3 is 1. The van der Waals surface area contributed by atoms with Crippen LogP contribution in [0.1, 0.15) is 23.2 Å². The molecule has 4 rings (SSSR count). The quantitative estimate of drug-likeness (QED) is 0.496. The van der Waals surface area contributed by atoms with Gasteiger partial charge in [-0.25, -0.2) is 4.79 Å². The fourth-order valence-electron chi connectivity index (χ4n) is 5.06. The van der Waals surface area contributed by atoms with Crippen LogP contribution >= 0.6 is 11.6 Å². The topological polar surface area (TPSA) is 137 Å². The normalized spacial score (nSPS) is 25.1. The highest BCUT2D eigenvalue weighted by Crippen LogP contribution is 2.37. The molecule has 2 amide bonds. The number of carbonyl (C=O) groups excluding carboxylic acids is 2. The molecular formula is C22H29ClN4O8S. The Kier molecular flexibility index (Phi) is 8.05. The number of amides is 2. The van der Waals surface area contributed by atoms with Gasteiger partial charge in [0.25, 0.3) is 16.1 Å². The lowest BCUT2D eigenvalue weighted by molar-refractivity contribution is -0.145. The minimum atomic E-state index is -4.16. The average molecular weight is 545 g/mol. The van der Waals surface area contributed by atoms with E-state index >= 15 is 0 Å². The summed E-state index contributed by atoms with van der Waals surface area (Å²) in [5, 5.41) is 10.5. The van der Waals surface area contributed by atoms with Gasteiger partial charge in [0.2, 0.25) is 0 Å². The third-order valence-corrected chi connectivity index (χ3v) is 9.07. The summed E-state index contributed by atoms with van der Waals surface area (Å²) in [4.78, 5) is 40.6. The Labute approximate surface area is 214 Å². The van der Waals surface area contributed by atoms with Crippen molar-refractivity contribution in [2.24, 2.45) is 0 Å². The maximum atomic E-state index is 13.6. The predicted octanol–water partition coefficient (Wildman–Crippen LogP) is 0.727. The first kappa shape index (κ1) is 26.6. The zero-order valence-corrected chi connectivity index (χ0v) is 21.4. The van der Waals surface area contributed by atoms with Crippen LogP contribution in [0, 0.1) is 0 Å². The molecule has 3 saturated heterocycles. The lowest BCUT2D eigenvalue weighted by atomic mass is 10.1. The summed E-state index contributed by atoms with van der Waals surface area (Å²) in [5.41, 5.74) is 0.451. The summed E-state index contributed by atoms with van der Waals surface area (Å²) in [6.07, 6.45) is 0.164. The molecule has 1 aromatic rings. The number of rotatable bonds is 7. The van der Waals surface area contributed by atoms with Crippen LogP contribution in [0.3, 0.4) is 0 Å². The van der Waals surface area contributed by atoms with Crippen LogP contribution in [0.5, 0.6) is 0 Å². The van der Waals surface area contributed by atoms with Crippen LogP contribution in [0.25, 0.3) is 0 Å². The number of ether oxygens (including phenoxy) is 2. The van der Waals surface area contributed by atoms with Gasteiger partial charge in [-0.05, 0) is 37.1 Å². The van der Waals surface area contributed by atoms with E-state index < -0.39 is 40.4 Å². The first-order valence-corrected chi connectivity index (χ1v) is 13.4. The van der Waals surface area contributed by atoms with Crippen molar-refractivity contribution >= 4 is 39.8 Å². The molecule has 3 aliphatic rings. The standard InChI is InChI=1S/C22H29ClN4O8S/c1-34-12-13-35-22(31)27-17-6-7-18(27)19(21(29)30)26(14-17)36(32,33)25-10-8-24(9-11-25)20(28)15-2-4-16(23)5-3-15/h2-5,17-19H,6-14H2,1H3,(H,29,30)/t17-,18+,19-/m1/s1. The summed E-state index contributed by atoms with van der Waals surface area (Å²) in [5.74, 6) is -1.55. The highest BCUT2D eigenvalue weighted by Gasteiger charge is 2.56. The Morgan fingerprint density at radius 1 is 1.06 bits per heavy atom. The highest BCUT2D eigenvalue weighted by molar-refractivity contribution is 7.86. The van der Waals surface area contributed by atoms with Crippen molar-refractivity contribution in [2.75, 3.05) is 53.0 Å². The summed E-state index contributed by atoms with van der Waals surface area (Å²) in [7, 11) is -2.70. The van der Waals surface area contributed by atoms with Gasteiger partial charge >= 0.3 is 12.1 Å². The minimum absolute atomic E-state index is 0.0179. The van der Waals surface area contributed by atoms with Crippen molar-refractivity contribution in [2.45, 2.75) is 31.0 Å². The van der Waals surface area contributed by atoms with E-state index in [4.69, 9.17) is 21.1 Å². The molecule has 3 aliphatic heterocycles. The first-order valence-electron chi connectivity index (χ1n) is 11.6. The minimum Gasteiger partial charge on any atom is -0.480 e. The monoisotopic (exact) mass is 544 g/mol. The van der Waals surface area contributed by atoms with Gasteiger partial charge in [0, 0.05) is 56.5 Å². The number of hydrogen-bond donors (Lipinski definition) is 1. The maximum Gasteiger partial charge on any atom is 0.410 e. The van der Waals surface area contributed by atoms with Gasteiger partial charge in [-0.15, -0.1) is 0 Å². The number of carboxylic acid groups (broad SMARTS) is 1. The number of halogens is 1. The summed E-state index contributed by atoms with van der Waals surface area (Å²) < 4.78 is 39.4. The molecule has 1 N–H and O–H groups in total. The van der Waals surface area contributed by atoms with E-state index in [1.807, 2.05) is 0 Å². The van der Waals surface area contributed by atoms with Crippen molar-refractivity contribution in [3.63, 3.8) is 0 Å². The van der Waals surface area contributed by atoms with Crippen LogP contribution in [-0.4, -0.2) is 121 Å². The fourth-order valence-corrected chi connectivity index (χ4v) is 6.98. The van der Waals surface area contributed by atoms with Crippen LogP contribution in [0.4, 0.5) is 4.79 Å². The molecule has 0 saturated carbocycles. The van der Waals surface area contributed by atoms with E-state index in [9.17, 15) is 27.9 Å². The molecule has 3 fully saturated rings. The third-order valence-electron chi connectivity index (χ3n) is 6.83. The zero-order chi connectivity index (χ0) is 26.0. The number of piperazine rings is 2. The molecule has 36 heavy (non-hydrogen) atoms. The molecule has 0 unspecified atom stereocenters. The molecule has 0 spiro atoms. The SMILES string of the molecule is COCCOC(=O)N1[C@@H]2CC[C@H]1[C@H](C(=O)O)N(S(=O)(=O)N1CCN(C(=O)c3ccc(Cl)cc3)CC1)C2.